The number of thioether (sulfide) groups is 1. The summed E-state index contributed by atoms with van der Waals surface area (Å²) in [6.45, 7) is 4.13. The molecule has 0 radical (unpaired) electrons. The summed E-state index contributed by atoms with van der Waals surface area (Å²) in [4.78, 5) is 1.02. The summed E-state index contributed by atoms with van der Waals surface area (Å²) < 4.78 is 1.03. The lowest BCUT2D eigenvalue weighted by Gasteiger charge is -2.12. The minimum atomic E-state index is 0.706. The van der Waals surface area contributed by atoms with Crippen LogP contribution in [0.15, 0.2) is 45.8 Å². The van der Waals surface area contributed by atoms with Crippen molar-refractivity contribution in [2.75, 3.05) is 11.1 Å². The van der Waals surface area contributed by atoms with Crippen molar-refractivity contribution >= 4 is 39.1 Å². The summed E-state index contributed by atoms with van der Waals surface area (Å²) in [5.74, 6) is 0.953. The minimum absolute atomic E-state index is 0.706. The third-order valence-electron chi connectivity index (χ3n) is 2.76. The van der Waals surface area contributed by atoms with E-state index in [4.69, 9.17) is 0 Å². The van der Waals surface area contributed by atoms with Gasteiger partial charge in [0.2, 0.25) is 0 Å². The fraction of sp³-hybridized carbons (Fsp3) is 0.188. The number of benzene rings is 2. The van der Waals surface area contributed by atoms with E-state index in [0.29, 0.717) is 5.56 Å². The second kappa shape index (κ2) is 6.83. The van der Waals surface area contributed by atoms with Crippen LogP contribution in [0.25, 0.3) is 0 Å². The fourth-order valence-electron chi connectivity index (χ4n) is 1.99. The molecule has 4 heteroatoms. The molecule has 0 unspecified atom stereocenters. The molecule has 2 rings (SSSR count). The zero-order valence-corrected chi connectivity index (χ0v) is 13.8. The number of rotatable bonds is 4. The Morgan fingerprint density at radius 2 is 2.10 bits per heavy atom. The number of hydrogen-bond acceptors (Lipinski definition) is 3. The molecule has 0 spiro atoms. The van der Waals surface area contributed by atoms with E-state index in [2.05, 4.69) is 46.4 Å². The number of nitrogens with one attached hydrogen (secondary N) is 1. The molecule has 1 N–H and O–H groups in total. The van der Waals surface area contributed by atoms with Gasteiger partial charge in [-0.15, -0.1) is 11.8 Å². The van der Waals surface area contributed by atoms with Gasteiger partial charge in [-0.2, -0.15) is 5.26 Å². The van der Waals surface area contributed by atoms with Crippen molar-refractivity contribution in [2.45, 2.75) is 18.7 Å². The molecule has 0 aromatic heterocycles. The zero-order chi connectivity index (χ0) is 14.5. The first kappa shape index (κ1) is 15.0. The first-order chi connectivity index (χ1) is 9.63. The Hall–Kier alpha value is -1.44. The third kappa shape index (κ3) is 3.56. The van der Waals surface area contributed by atoms with Gasteiger partial charge in [-0.05, 0) is 48.6 Å². The van der Waals surface area contributed by atoms with Gasteiger partial charge in [-0.25, -0.2) is 0 Å². The van der Waals surface area contributed by atoms with Crippen LogP contribution in [0.5, 0.6) is 0 Å². The number of anilines is 2. The lowest BCUT2D eigenvalue weighted by molar-refractivity contribution is 1.34. The summed E-state index contributed by atoms with van der Waals surface area (Å²) in [6, 6.07) is 14.3. The largest absolute Gasteiger partial charge is 0.354 e. The third-order valence-corrected chi connectivity index (χ3v) is 4.16. The van der Waals surface area contributed by atoms with Gasteiger partial charge in [0, 0.05) is 15.1 Å². The number of halogens is 1. The summed E-state index contributed by atoms with van der Waals surface area (Å²) in [5.41, 5.74) is 3.70. The van der Waals surface area contributed by atoms with Gasteiger partial charge in [0.25, 0.3) is 0 Å². The number of hydrogen-bond donors (Lipinski definition) is 1. The Kier molecular flexibility index (Phi) is 5.11. The predicted molar refractivity (Wildman–Crippen MR) is 89.7 cm³/mol. The van der Waals surface area contributed by atoms with E-state index in [0.717, 1.165) is 26.5 Å². The van der Waals surface area contributed by atoms with Crippen LogP contribution in [0.1, 0.15) is 18.1 Å². The highest BCUT2D eigenvalue weighted by Crippen LogP contribution is 2.30. The van der Waals surface area contributed by atoms with E-state index >= 15 is 0 Å². The molecule has 0 aliphatic rings. The standard InChI is InChI=1S/C16H15BrN2S/c1-3-20-16-6-4-5-15(14(16)10-18)19-13-8-11(2)7-12(17)9-13/h4-9,19H,3H2,1-2H3. The molecule has 0 saturated carbocycles. The monoisotopic (exact) mass is 346 g/mol. The van der Waals surface area contributed by atoms with Crippen molar-refractivity contribution in [3.63, 3.8) is 0 Å². The highest BCUT2D eigenvalue weighted by molar-refractivity contribution is 9.10. The van der Waals surface area contributed by atoms with Crippen molar-refractivity contribution in [1.29, 1.82) is 5.26 Å². The van der Waals surface area contributed by atoms with E-state index in [-0.39, 0.29) is 0 Å². The van der Waals surface area contributed by atoms with Gasteiger partial charge >= 0.3 is 0 Å². The smallest absolute Gasteiger partial charge is 0.103 e. The number of aryl methyl sites for hydroxylation is 1. The lowest BCUT2D eigenvalue weighted by atomic mass is 10.1. The fourth-order valence-corrected chi connectivity index (χ4v) is 3.38. The van der Waals surface area contributed by atoms with Gasteiger partial charge in [-0.1, -0.05) is 28.9 Å². The summed E-state index contributed by atoms with van der Waals surface area (Å²) in [7, 11) is 0. The maximum atomic E-state index is 9.40. The van der Waals surface area contributed by atoms with E-state index < -0.39 is 0 Å². The van der Waals surface area contributed by atoms with Crippen LogP contribution < -0.4 is 5.32 Å². The zero-order valence-electron chi connectivity index (χ0n) is 11.4. The van der Waals surface area contributed by atoms with Crippen LogP contribution in [-0.2, 0) is 0 Å². The van der Waals surface area contributed by atoms with Crippen molar-refractivity contribution in [3.8, 4) is 6.07 Å². The van der Waals surface area contributed by atoms with Crippen LogP contribution in [0.4, 0.5) is 11.4 Å². The number of nitrogens with zero attached hydrogens (tertiary/aromatic N) is 1. The molecule has 0 fully saturated rings. The molecule has 0 bridgehead atoms. The topological polar surface area (TPSA) is 35.8 Å². The second-order valence-corrected chi connectivity index (χ2v) is 6.59. The van der Waals surface area contributed by atoms with E-state index in [1.54, 1.807) is 11.8 Å². The second-order valence-electron chi connectivity index (χ2n) is 4.37. The Labute approximate surface area is 132 Å². The molecular weight excluding hydrogens is 332 g/mol. The Morgan fingerprint density at radius 1 is 1.30 bits per heavy atom. The van der Waals surface area contributed by atoms with Crippen molar-refractivity contribution in [3.05, 3.63) is 52.0 Å². The van der Waals surface area contributed by atoms with Crippen molar-refractivity contribution < 1.29 is 0 Å². The molecule has 2 aromatic carbocycles. The Balaban J connectivity index is 2.38. The summed E-state index contributed by atoms with van der Waals surface area (Å²) >= 11 is 5.18. The van der Waals surface area contributed by atoms with Gasteiger partial charge in [-0.3, -0.25) is 0 Å². The van der Waals surface area contributed by atoms with Crippen LogP contribution in [0.3, 0.4) is 0 Å². The molecule has 2 nitrogen and oxygen atoms in total. The van der Waals surface area contributed by atoms with Gasteiger partial charge in [0.05, 0.1) is 11.3 Å². The molecule has 0 heterocycles. The highest BCUT2D eigenvalue weighted by atomic mass is 79.9. The molecule has 0 aliphatic carbocycles. The quantitative estimate of drug-likeness (QED) is 0.744. The summed E-state index contributed by atoms with van der Waals surface area (Å²) in [6.07, 6.45) is 0. The normalized spacial score (nSPS) is 10.1. The molecule has 102 valence electrons. The Morgan fingerprint density at radius 3 is 2.75 bits per heavy atom. The van der Waals surface area contributed by atoms with Crippen molar-refractivity contribution in [1.82, 2.24) is 0 Å². The van der Waals surface area contributed by atoms with E-state index in [9.17, 15) is 5.26 Å². The SMILES string of the molecule is CCSc1cccc(Nc2cc(C)cc(Br)c2)c1C#N. The maximum Gasteiger partial charge on any atom is 0.103 e. The Bertz CT molecular complexity index is 642. The van der Waals surface area contributed by atoms with Crippen LogP contribution in [0.2, 0.25) is 0 Å². The minimum Gasteiger partial charge on any atom is -0.354 e. The molecule has 2 aromatic rings. The van der Waals surface area contributed by atoms with Gasteiger partial charge < -0.3 is 5.32 Å². The van der Waals surface area contributed by atoms with E-state index in [1.807, 2.05) is 31.2 Å². The molecule has 0 saturated heterocycles. The molecule has 0 aliphatic heterocycles. The molecule has 0 atom stereocenters. The first-order valence-electron chi connectivity index (χ1n) is 6.34. The van der Waals surface area contributed by atoms with Crippen LogP contribution >= 0.6 is 27.7 Å². The van der Waals surface area contributed by atoms with E-state index in [1.165, 1.54) is 5.56 Å². The average Bonchev–Trinajstić information content (AvgIpc) is 2.38. The highest BCUT2D eigenvalue weighted by Gasteiger charge is 2.08. The number of nitriles is 1. The average molecular weight is 347 g/mol. The van der Waals surface area contributed by atoms with Crippen molar-refractivity contribution in [2.24, 2.45) is 0 Å². The maximum absolute atomic E-state index is 9.40. The van der Waals surface area contributed by atoms with Crippen LogP contribution in [-0.4, -0.2) is 5.75 Å². The van der Waals surface area contributed by atoms with Gasteiger partial charge in [0.1, 0.15) is 6.07 Å². The van der Waals surface area contributed by atoms with Gasteiger partial charge in [0.15, 0.2) is 0 Å². The lowest BCUT2D eigenvalue weighted by Crippen LogP contribution is -1.96. The first-order valence-corrected chi connectivity index (χ1v) is 8.12. The summed E-state index contributed by atoms with van der Waals surface area (Å²) in [5, 5.41) is 12.7. The molecule has 20 heavy (non-hydrogen) atoms. The molecular formula is C16H15BrN2S. The predicted octanol–water partition coefficient (Wildman–Crippen LogP) is 5.48. The van der Waals surface area contributed by atoms with Crippen LogP contribution in [0, 0.1) is 18.3 Å². The molecule has 0 amide bonds.